The average molecular weight is 604 g/mol. The zero-order valence-corrected chi connectivity index (χ0v) is 22.4. The maximum Gasteiger partial charge on any atom is 0.254 e. The van der Waals surface area contributed by atoms with Gasteiger partial charge < -0.3 is 5.11 Å². The van der Waals surface area contributed by atoms with Gasteiger partial charge in [0, 0.05) is 5.92 Å². The summed E-state index contributed by atoms with van der Waals surface area (Å²) in [5.41, 5.74) is 1.59. The second-order valence-corrected chi connectivity index (χ2v) is 11.7. The Bertz CT molecular complexity index is 1400. The predicted octanol–water partition coefficient (Wildman–Crippen LogP) is 4.31. The number of carbonyl (C=O) groups excluding carboxylic acids is 4. The normalized spacial score (nSPS) is 34.8. The molecule has 4 aliphatic rings. The van der Waals surface area contributed by atoms with Crippen LogP contribution in [-0.2, 0) is 19.2 Å². The highest BCUT2D eigenvalue weighted by Crippen LogP contribution is 2.65. The molecule has 0 aromatic heterocycles. The van der Waals surface area contributed by atoms with Gasteiger partial charge in [-0.3, -0.25) is 29.0 Å². The number of fused-ring (bicyclic) bond motifs is 4. The number of rotatable bonds is 3. The molecular formula is C27H21BrCl2N2O5. The maximum atomic E-state index is 13.8. The fourth-order valence-corrected chi connectivity index (χ4v) is 8.09. The largest absolute Gasteiger partial charge is 0.508 e. The Balaban J connectivity index is 1.53. The number of halogens is 3. The zero-order valence-electron chi connectivity index (χ0n) is 19.3. The molecular weight excluding hydrogens is 583 g/mol. The van der Waals surface area contributed by atoms with E-state index in [0.29, 0.717) is 16.8 Å². The molecule has 0 radical (unpaired) electrons. The molecule has 6 atom stereocenters. The van der Waals surface area contributed by atoms with E-state index >= 15 is 0 Å². The first-order chi connectivity index (χ1) is 17.6. The van der Waals surface area contributed by atoms with Crippen molar-refractivity contribution in [1.82, 2.24) is 4.90 Å². The number of phenolic OH excluding ortho intramolecular Hbond substituents is 1. The van der Waals surface area contributed by atoms with Gasteiger partial charge in [0.2, 0.25) is 11.8 Å². The quantitative estimate of drug-likeness (QED) is 0.244. The summed E-state index contributed by atoms with van der Waals surface area (Å²) < 4.78 is 0. The van der Waals surface area contributed by atoms with Crippen LogP contribution in [0.3, 0.4) is 0 Å². The van der Waals surface area contributed by atoms with Crippen molar-refractivity contribution < 1.29 is 24.3 Å². The number of anilines is 1. The van der Waals surface area contributed by atoms with Gasteiger partial charge in [0.1, 0.15) is 5.75 Å². The van der Waals surface area contributed by atoms with Crippen molar-refractivity contribution in [3.63, 3.8) is 0 Å². The molecule has 2 heterocycles. The molecule has 10 heteroatoms. The first-order valence-electron chi connectivity index (χ1n) is 11.9. The van der Waals surface area contributed by atoms with Crippen LogP contribution in [0.4, 0.5) is 5.69 Å². The highest BCUT2D eigenvalue weighted by molar-refractivity contribution is 9.09. The number of para-hydroxylation sites is 1. The molecule has 0 spiro atoms. The van der Waals surface area contributed by atoms with E-state index in [1.165, 1.54) is 17.0 Å². The summed E-state index contributed by atoms with van der Waals surface area (Å²) in [6, 6.07) is 15.1. The predicted molar refractivity (Wildman–Crippen MR) is 140 cm³/mol. The average Bonchev–Trinajstić information content (AvgIpc) is 3.22. The standard InChI is InChI=1S/C27H21BrCl2N2O5/c28-13-31-24(36)26(29)12-19-17(21(27(26,30)25(31)37)14-5-4-8-16(33)11-14)9-10-18-20(19)23(35)32(22(18)34)15-6-2-1-3-7-15/h1-9,11,18-21,33H,10,12-13H2. The van der Waals surface area contributed by atoms with Crippen molar-refractivity contribution in [3.8, 4) is 5.75 Å². The second kappa shape index (κ2) is 8.41. The minimum atomic E-state index is -1.88. The van der Waals surface area contributed by atoms with Crippen LogP contribution in [0.15, 0.2) is 66.2 Å². The number of nitrogens with zero attached hydrogens (tertiary/aromatic N) is 2. The lowest BCUT2D eigenvalue weighted by molar-refractivity contribution is -0.138. The summed E-state index contributed by atoms with van der Waals surface area (Å²) in [6.07, 6.45) is 2.08. The van der Waals surface area contributed by atoms with E-state index in [2.05, 4.69) is 15.9 Å². The van der Waals surface area contributed by atoms with E-state index in [-0.39, 0.29) is 35.9 Å². The molecule has 7 nitrogen and oxygen atoms in total. The molecule has 6 unspecified atom stereocenters. The SMILES string of the molecule is O=C1C2CC=C3C(CC4(Cl)C(=O)N(CBr)C(=O)C4(Cl)C3c3cccc(O)c3)C2C(=O)N1c1ccccc1. The monoisotopic (exact) mass is 602 g/mol. The molecule has 2 aromatic carbocycles. The number of carbonyl (C=O) groups is 4. The Morgan fingerprint density at radius 3 is 2.35 bits per heavy atom. The van der Waals surface area contributed by atoms with Crippen LogP contribution in [0.1, 0.15) is 24.3 Å². The van der Waals surface area contributed by atoms with Crippen LogP contribution in [0, 0.1) is 17.8 Å². The zero-order chi connectivity index (χ0) is 26.3. The van der Waals surface area contributed by atoms with Crippen molar-refractivity contribution in [3.05, 3.63) is 71.8 Å². The van der Waals surface area contributed by atoms with Crippen LogP contribution in [0.2, 0.25) is 0 Å². The smallest absolute Gasteiger partial charge is 0.254 e. The number of allylic oxidation sites excluding steroid dienone is 2. The van der Waals surface area contributed by atoms with Crippen LogP contribution >= 0.6 is 39.1 Å². The molecule has 1 saturated carbocycles. The summed E-state index contributed by atoms with van der Waals surface area (Å²) in [7, 11) is 0. The Labute approximate surface area is 231 Å². The number of benzene rings is 2. The number of amides is 4. The molecule has 6 rings (SSSR count). The Kier molecular flexibility index (Phi) is 5.60. The number of imide groups is 2. The van der Waals surface area contributed by atoms with Gasteiger partial charge in [0.15, 0.2) is 9.75 Å². The highest BCUT2D eigenvalue weighted by Gasteiger charge is 2.76. The third-order valence-corrected chi connectivity index (χ3v) is 10.1. The topological polar surface area (TPSA) is 95.0 Å². The van der Waals surface area contributed by atoms with E-state index in [0.717, 1.165) is 4.90 Å². The van der Waals surface area contributed by atoms with E-state index in [1.807, 2.05) is 6.08 Å². The number of alkyl halides is 3. The van der Waals surface area contributed by atoms with Gasteiger partial charge in [-0.05, 0) is 48.6 Å². The van der Waals surface area contributed by atoms with Gasteiger partial charge in [-0.25, -0.2) is 0 Å². The van der Waals surface area contributed by atoms with E-state index in [4.69, 9.17) is 23.2 Å². The number of hydrogen-bond acceptors (Lipinski definition) is 5. The van der Waals surface area contributed by atoms with Crippen molar-refractivity contribution in [2.75, 3.05) is 10.4 Å². The van der Waals surface area contributed by atoms with Gasteiger partial charge >= 0.3 is 0 Å². The summed E-state index contributed by atoms with van der Waals surface area (Å²) in [5, 5.41) is 10.3. The first kappa shape index (κ1) is 24.6. The van der Waals surface area contributed by atoms with E-state index in [1.54, 1.807) is 42.5 Å². The summed E-state index contributed by atoms with van der Waals surface area (Å²) in [5.74, 6) is -4.85. The van der Waals surface area contributed by atoms with Crippen LogP contribution in [0.5, 0.6) is 5.75 Å². The van der Waals surface area contributed by atoms with Crippen molar-refractivity contribution >= 4 is 68.4 Å². The lowest BCUT2D eigenvalue weighted by atomic mass is 9.56. The fraction of sp³-hybridized carbons (Fsp3) is 0.333. The third-order valence-electron chi connectivity index (χ3n) is 8.23. The van der Waals surface area contributed by atoms with E-state index in [9.17, 15) is 24.3 Å². The van der Waals surface area contributed by atoms with E-state index < -0.39 is 45.2 Å². The lowest BCUT2D eigenvalue weighted by Crippen LogP contribution is -2.60. The van der Waals surface area contributed by atoms with Gasteiger partial charge in [0.25, 0.3) is 11.8 Å². The first-order valence-corrected chi connectivity index (χ1v) is 13.7. The molecule has 1 N–H and O–H groups in total. The fourth-order valence-electron chi connectivity index (χ4n) is 6.66. The number of hydrogen-bond donors (Lipinski definition) is 1. The molecule has 3 fully saturated rings. The minimum absolute atomic E-state index is 0.0363. The van der Waals surface area contributed by atoms with Gasteiger partial charge in [-0.1, -0.05) is 57.9 Å². The van der Waals surface area contributed by atoms with Crippen molar-refractivity contribution in [1.29, 1.82) is 0 Å². The van der Waals surface area contributed by atoms with Gasteiger partial charge in [-0.2, -0.15) is 0 Å². The Morgan fingerprint density at radius 1 is 0.946 bits per heavy atom. The Hall–Kier alpha value is -2.68. The molecule has 2 aliphatic carbocycles. The van der Waals surface area contributed by atoms with Crippen molar-refractivity contribution in [2.45, 2.75) is 28.5 Å². The van der Waals surface area contributed by atoms with Crippen LogP contribution in [-0.4, -0.2) is 48.8 Å². The summed E-state index contributed by atoms with van der Waals surface area (Å²) >= 11 is 17.5. The molecule has 4 amide bonds. The molecule has 190 valence electrons. The van der Waals surface area contributed by atoms with Crippen molar-refractivity contribution in [2.24, 2.45) is 17.8 Å². The van der Waals surface area contributed by atoms with Crippen LogP contribution in [0.25, 0.3) is 0 Å². The number of phenols is 1. The summed E-state index contributed by atoms with van der Waals surface area (Å²) in [6.45, 7) is 0. The molecule has 2 aromatic rings. The maximum absolute atomic E-state index is 13.8. The van der Waals surface area contributed by atoms with Gasteiger partial charge in [0.05, 0.1) is 23.0 Å². The number of likely N-dealkylation sites (tertiary alicyclic amines) is 1. The Morgan fingerprint density at radius 2 is 1.68 bits per heavy atom. The lowest BCUT2D eigenvalue weighted by Gasteiger charge is -2.50. The highest BCUT2D eigenvalue weighted by atomic mass is 79.9. The molecule has 37 heavy (non-hydrogen) atoms. The minimum Gasteiger partial charge on any atom is -0.508 e. The molecule has 2 aliphatic heterocycles. The molecule has 0 bridgehead atoms. The summed E-state index contributed by atoms with van der Waals surface area (Å²) in [4.78, 5) is 53.0. The van der Waals surface area contributed by atoms with Crippen LogP contribution < -0.4 is 4.90 Å². The second-order valence-electron chi connectivity index (χ2n) is 9.93. The third kappa shape index (κ3) is 3.12. The van der Waals surface area contributed by atoms with Gasteiger partial charge in [-0.15, -0.1) is 23.2 Å². The molecule has 2 saturated heterocycles. The number of aromatic hydroxyl groups is 1.